The number of fused-ring (bicyclic) bond motifs is 1. The van der Waals surface area contributed by atoms with Crippen molar-refractivity contribution in [2.24, 2.45) is 0 Å². The number of aryl methyl sites for hydroxylation is 2. The van der Waals surface area contributed by atoms with Crippen molar-refractivity contribution in [3.63, 3.8) is 0 Å². The third-order valence-corrected chi connectivity index (χ3v) is 2.78. The Labute approximate surface area is 84.4 Å². The van der Waals surface area contributed by atoms with Crippen molar-refractivity contribution in [3.8, 4) is 0 Å². The molecule has 0 amide bonds. The van der Waals surface area contributed by atoms with Crippen molar-refractivity contribution in [1.29, 1.82) is 0 Å². The van der Waals surface area contributed by atoms with Crippen molar-refractivity contribution < 1.29 is 4.79 Å². The average Bonchev–Trinajstić information content (AvgIpc) is 2.30. The highest BCUT2D eigenvalue weighted by atomic mass is 16.1. The van der Waals surface area contributed by atoms with Gasteiger partial charge in [0.1, 0.15) is 5.78 Å². The van der Waals surface area contributed by atoms with Crippen LogP contribution in [0.25, 0.3) is 0 Å². The second-order valence-electron chi connectivity index (χ2n) is 3.86. The molecular formula is C12H15NO. The minimum atomic E-state index is 0.392. The monoisotopic (exact) mass is 189 g/mol. The first-order valence-electron chi connectivity index (χ1n) is 5.31. The molecule has 1 aliphatic rings. The van der Waals surface area contributed by atoms with Crippen LogP contribution in [0.3, 0.4) is 0 Å². The molecule has 0 saturated heterocycles. The Balaban J connectivity index is 2.20. The lowest BCUT2D eigenvalue weighted by Crippen LogP contribution is -2.01. The fourth-order valence-corrected chi connectivity index (χ4v) is 1.94. The summed E-state index contributed by atoms with van der Waals surface area (Å²) >= 11 is 0. The van der Waals surface area contributed by atoms with Crippen molar-refractivity contribution in [2.75, 3.05) is 0 Å². The van der Waals surface area contributed by atoms with Crippen LogP contribution < -0.4 is 0 Å². The van der Waals surface area contributed by atoms with Crippen molar-refractivity contribution >= 4 is 5.78 Å². The van der Waals surface area contributed by atoms with Gasteiger partial charge in [0, 0.05) is 24.7 Å². The van der Waals surface area contributed by atoms with Crippen molar-refractivity contribution in [2.45, 2.75) is 38.5 Å². The van der Waals surface area contributed by atoms with Crippen LogP contribution >= 0.6 is 0 Å². The van der Waals surface area contributed by atoms with E-state index >= 15 is 0 Å². The first-order valence-corrected chi connectivity index (χ1v) is 5.31. The van der Waals surface area contributed by atoms with Crippen LogP contribution in [0.15, 0.2) is 18.3 Å². The van der Waals surface area contributed by atoms with Crippen LogP contribution in [-0.4, -0.2) is 10.8 Å². The summed E-state index contributed by atoms with van der Waals surface area (Å²) in [5.41, 5.74) is 2.46. The third-order valence-electron chi connectivity index (χ3n) is 2.78. The number of carbonyl (C=O) groups excluding carboxylic acids is 1. The molecule has 1 heterocycles. The summed E-state index contributed by atoms with van der Waals surface area (Å²) in [6, 6.07) is 4.12. The van der Waals surface area contributed by atoms with Crippen LogP contribution in [-0.2, 0) is 17.6 Å². The maximum atomic E-state index is 11.4. The standard InChI is InChI=1S/C12H15NO/c14-11-6-2-1-4-10-5-3-9-13-12(10)8-7-11/h3,5,9H,1-2,4,6-8H2. The highest BCUT2D eigenvalue weighted by Crippen LogP contribution is 2.15. The molecule has 0 aliphatic heterocycles. The minimum Gasteiger partial charge on any atom is -0.300 e. The van der Waals surface area contributed by atoms with E-state index in [1.165, 1.54) is 5.56 Å². The highest BCUT2D eigenvalue weighted by molar-refractivity contribution is 5.78. The van der Waals surface area contributed by atoms with E-state index in [9.17, 15) is 4.79 Å². The average molecular weight is 189 g/mol. The first-order chi connectivity index (χ1) is 6.86. The summed E-state index contributed by atoms with van der Waals surface area (Å²) < 4.78 is 0. The number of ketones is 1. The van der Waals surface area contributed by atoms with Crippen LogP contribution in [0.1, 0.15) is 36.9 Å². The maximum Gasteiger partial charge on any atom is 0.133 e. The number of rotatable bonds is 0. The second-order valence-corrected chi connectivity index (χ2v) is 3.86. The summed E-state index contributed by atoms with van der Waals surface area (Å²) in [5.74, 6) is 0.392. The molecule has 0 N–H and O–H groups in total. The second kappa shape index (κ2) is 4.36. The minimum absolute atomic E-state index is 0.392. The lowest BCUT2D eigenvalue weighted by Gasteiger charge is -2.04. The van der Waals surface area contributed by atoms with Gasteiger partial charge in [0.2, 0.25) is 0 Å². The van der Waals surface area contributed by atoms with Gasteiger partial charge in [0.05, 0.1) is 0 Å². The van der Waals surface area contributed by atoms with E-state index in [0.29, 0.717) is 12.2 Å². The van der Waals surface area contributed by atoms with Crippen LogP contribution in [0.2, 0.25) is 0 Å². The van der Waals surface area contributed by atoms with Gasteiger partial charge >= 0.3 is 0 Å². The molecule has 0 radical (unpaired) electrons. The molecule has 0 unspecified atom stereocenters. The lowest BCUT2D eigenvalue weighted by molar-refractivity contribution is -0.119. The van der Waals surface area contributed by atoms with Crippen LogP contribution in [0.4, 0.5) is 0 Å². The fourth-order valence-electron chi connectivity index (χ4n) is 1.94. The Morgan fingerprint density at radius 1 is 1.07 bits per heavy atom. The number of Topliss-reactive ketones (excluding diaryl/α,β-unsaturated/α-hetero) is 1. The molecule has 0 atom stereocenters. The van der Waals surface area contributed by atoms with Gasteiger partial charge in [0.25, 0.3) is 0 Å². The summed E-state index contributed by atoms with van der Waals surface area (Å²) in [5, 5.41) is 0. The lowest BCUT2D eigenvalue weighted by atomic mass is 10.1. The van der Waals surface area contributed by atoms with Crippen LogP contribution in [0, 0.1) is 0 Å². The van der Waals surface area contributed by atoms with Gasteiger partial charge < -0.3 is 0 Å². The molecule has 0 aromatic carbocycles. The zero-order valence-electron chi connectivity index (χ0n) is 8.33. The van der Waals surface area contributed by atoms with E-state index in [-0.39, 0.29) is 0 Å². The smallest absolute Gasteiger partial charge is 0.133 e. The Morgan fingerprint density at radius 3 is 2.86 bits per heavy atom. The summed E-state index contributed by atoms with van der Waals surface area (Å²) in [4.78, 5) is 15.7. The Morgan fingerprint density at radius 2 is 1.93 bits per heavy atom. The van der Waals surface area contributed by atoms with E-state index < -0.39 is 0 Å². The van der Waals surface area contributed by atoms with Crippen molar-refractivity contribution in [1.82, 2.24) is 4.98 Å². The number of hydrogen-bond donors (Lipinski definition) is 0. The first kappa shape index (κ1) is 9.38. The number of hydrogen-bond acceptors (Lipinski definition) is 2. The molecule has 74 valence electrons. The van der Waals surface area contributed by atoms with Gasteiger partial charge in [-0.1, -0.05) is 6.07 Å². The van der Waals surface area contributed by atoms with E-state index in [1.807, 2.05) is 12.3 Å². The van der Waals surface area contributed by atoms with Gasteiger partial charge in [-0.15, -0.1) is 0 Å². The maximum absolute atomic E-state index is 11.4. The molecule has 0 spiro atoms. The van der Waals surface area contributed by atoms with Gasteiger partial charge in [-0.3, -0.25) is 9.78 Å². The number of carbonyl (C=O) groups is 1. The Bertz CT molecular complexity index is 333. The largest absolute Gasteiger partial charge is 0.300 e. The molecular weight excluding hydrogens is 174 g/mol. The van der Waals surface area contributed by atoms with E-state index in [1.54, 1.807) is 0 Å². The summed E-state index contributed by atoms with van der Waals surface area (Å²) in [7, 11) is 0. The molecule has 0 bridgehead atoms. The van der Waals surface area contributed by atoms with Gasteiger partial charge in [-0.25, -0.2) is 0 Å². The SMILES string of the molecule is O=C1CCCCc2cccnc2CC1. The summed E-state index contributed by atoms with van der Waals surface area (Å²) in [6.07, 6.45) is 7.31. The highest BCUT2D eigenvalue weighted by Gasteiger charge is 2.10. The van der Waals surface area contributed by atoms with E-state index in [0.717, 1.165) is 37.8 Å². The Kier molecular flexibility index (Phi) is 2.92. The zero-order chi connectivity index (χ0) is 9.80. The molecule has 2 heteroatoms. The van der Waals surface area contributed by atoms with E-state index in [2.05, 4.69) is 11.1 Å². The molecule has 2 rings (SSSR count). The molecule has 2 nitrogen and oxygen atoms in total. The zero-order valence-corrected chi connectivity index (χ0v) is 8.33. The molecule has 1 aliphatic carbocycles. The number of pyridine rings is 1. The van der Waals surface area contributed by atoms with Gasteiger partial charge in [0.15, 0.2) is 0 Å². The van der Waals surface area contributed by atoms with E-state index in [4.69, 9.17) is 0 Å². The Hall–Kier alpha value is -1.18. The third kappa shape index (κ3) is 2.19. The number of aromatic nitrogens is 1. The summed E-state index contributed by atoms with van der Waals surface area (Å²) in [6.45, 7) is 0. The predicted molar refractivity (Wildman–Crippen MR) is 55.1 cm³/mol. The normalized spacial score (nSPS) is 17.9. The topological polar surface area (TPSA) is 30.0 Å². The van der Waals surface area contributed by atoms with Crippen molar-refractivity contribution in [3.05, 3.63) is 29.6 Å². The molecule has 1 aromatic rings. The van der Waals surface area contributed by atoms with Gasteiger partial charge in [-0.05, 0) is 37.3 Å². The van der Waals surface area contributed by atoms with Crippen LogP contribution in [0.5, 0.6) is 0 Å². The fraction of sp³-hybridized carbons (Fsp3) is 0.500. The van der Waals surface area contributed by atoms with Gasteiger partial charge in [-0.2, -0.15) is 0 Å². The predicted octanol–water partition coefficient (Wildman–Crippen LogP) is 2.31. The molecule has 14 heavy (non-hydrogen) atoms. The molecule has 1 aromatic heterocycles. The molecule has 0 fully saturated rings. The molecule has 0 saturated carbocycles. The number of nitrogens with zero attached hydrogens (tertiary/aromatic N) is 1. The quantitative estimate of drug-likeness (QED) is 0.627.